The van der Waals surface area contributed by atoms with Gasteiger partial charge < -0.3 is 4.74 Å². The van der Waals surface area contributed by atoms with Crippen LogP contribution in [-0.4, -0.2) is 54.7 Å². The molecule has 12 heteroatoms. The van der Waals surface area contributed by atoms with E-state index in [1.807, 2.05) is 0 Å². The molecule has 3 aliphatic carbocycles. The Kier molecular flexibility index (Phi) is 8.23. The van der Waals surface area contributed by atoms with Gasteiger partial charge in [0.15, 0.2) is 0 Å². The fourth-order valence-electron chi connectivity index (χ4n) is 5.35. The summed E-state index contributed by atoms with van der Waals surface area (Å²) in [5.74, 6) is -3.87. The third kappa shape index (κ3) is 6.37. The van der Waals surface area contributed by atoms with Gasteiger partial charge in [0.2, 0.25) is 0 Å². The van der Waals surface area contributed by atoms with Crippen LogP contribution in [0.25, 0.3) is 0 Å². The second kappa shape index (κ2) is 10.1. The average molecular weight is 505 g/mol. The molecule has 0 aromatic carbocycles. The van der Waals surface area contributed by atoms with Crippen LogP contribution in [-0.2, 0) is 9.47 Å². The van der Waals surface area contributed by atoms with Crippen LogP contribution in [0, 0.1) is 17.8 Å². The van der Waals surface area contributed by atoms with E-state index >= 15 is 0 Å². The van der Waals surface area contributed by atoms with Crippen LogP contribution in [0.1, 0.15) is 51.4 Å². The molecule has 188 valence electrons. The van der Waals surface area contributed by atoms with Crippen molar-refractivity contribution in [1.82, 2.24) is 0 Å². The van der Waals surface area contributed by atoms with Crippen LogP contribution in [0.15, 0.2) is 0 Å². The van der Waals surface area contributed by atoms with Gasteiger partial charge in [-0.1, -0.05) is 0 Å². The Bertz CT molecular complexity index is 610. The highest BCUT2D eigenvalue weighted by atomic mass is 35.5. The maximum Gasteiger partial charge on any atom is 0.522 e. The first-order valence-electron chi connectivity index (χ1n) is 10.8. The summed E-state index contributed by atoms with van der Waals surface area (Å²) in [5.41, 5.74) is 0. The van der Waals surface area contributed by atoms with Crippen LogP contribution in [0.5, 0.6) is 0 Å². The maximum absolute atomic E-state index is 14.7. The fraction of sp³-hybridized carbons (Fsp3) is 1.00. The maximum atomic E-state index is 14.7. The predicted octanol–water partition coefficient (Wildman–Crippen LogP) is 6.84. The number of hydrogen-bond donors (Lipinski definition) is 0. The van der Waals surface area contributed by atoms with E-state index < -0.39 is 92.8 Å². The summed E-state index contributed by atoms with van der Waals surface area (Å²) < 4.78 is 132. The summed E-state index contributed by atoms with van der Waals surface area (Å²) in [6.07, 6.45) is -22.8. The molecule has 3 fully saturated rings. The van der Waals surface area contributed by atoms with Crippen molar-refractivity contribution in [2.75, 3.05) is 0 Å². The van der Waals surface area contributed by atoms with Crippen molar-refractivity contribution in [1.29, 1.82) is 0 Å². The lowest BCUT2D eigenvalue weighted by Crippen LogP contribution is -2.52. The van der Waals surface area contributed by atoms with Crippen molar-refractivity contribution >= 4 is 11.6 Å². The average Bonchev–Trinajstić information content (AvgIpc) is 2.61. The van der Waals surface area contributed by atoms with Gasteiger partial charge in [0.25, 0.3) is 0 Å². The first-order valence-corrected chi connectivity index (χ1v) is 11.2. The van der Waals surface area contributed by atoms with E-state index in [-0.39, 0.29) is 18.2 Å². The second-order valence-electron chi connectivity index (χ2n) is 9.11. The van der Waals surface area contributed by atoms with E-state index in [1.165, 1.54) is 0 Å². The molecule has 0 amide bonds. The summed E-state index contributed by atoms with van der Waals surface area (Å²) >= 11 is 5.91. The van der Waals surface area contributed by atoms with E-state index in [4.69, 9.17) is 11.6 Å². The Balaban J connectivity index is 1.58. The Hall–Kier alpha value is -0.420. The van der Waals surface area contributed by atoms with Gasteiger partial charge in [-0.25, -0.2) is 17.6 Å². The SMILES string of the molecule is FC1CC(OC(F)(F)C2C(F)CC(C3CCC(Cl)CC3F)CC2F)CCC1OC(F)(F)F. The zero-order valence-electron chi connectivity index (χ0n) is 17.0. The largest absolute Gasteiger partial charge is 0.522 e. The van der Waals surface area contributed by atoms with Gasteiger partial charge >= 0.3 is 12.5 Å². The topological polar surface area (TPSA) is 18.5 Å². The molecular weight excluding hydrogens is 479 g/mol. The first kappa shape index (κ1) is 26.2. The van der Waals surface area contributed by atoms with Crippen molar-refractivity contribution in [2.24, 2.45) is 17.8 Å². The van der Waals surface area contributed by atoms with E-state index in [0.29, 0.717) is 12.8 Å². The highest BCUT2D eigenvalue weighted by molar-refractivity contribution is 6.20. The summed E-state index contributed by atoms with van der Waals surface area (Å²) in [5, 5.41) is -0.367. The first-order chi connectivity index (χ1) is 14.8. The summed E-state index contributed by atoms with van der Waals surface area (Å²) in [4.78, 5) is 0. The smallest absolute Gasteiger partial charge is 0.317 e. The molecule has 0 aromatic heterocycles. The van der Waals surface area contributed by atoms with Gasteiger partial charge in [-0.3, -0.25) is 4.74 Å². The van der Waals surface area contributed by atoms with Gasteiger partial charge in [-0.05, 0) is 56.8 Å². The minimum atomic E-state index is -5.07. The van der Waals surface area contributed by atoms with Gasteiger partial charge in [-0.15, -0.1) is 24.8 Å². The van der Waals surface area contributed by atoms with Crippen molar-refractivity contribution in [2.45, 2.75) is 106 Å². The minimum Gasteiger partial charge on any atom is -0.317 e. The molecule has 0 saturated heterocycles. The van der Waals surface area contributed by atoms with Gasteiger partial charge in [0.05, 0.1) is 12.2 Å². The summed E-state index contributed by atoms with van der Waals surface area (Å²) in [7, 11) is 0. The zero-order valence-corrected chi connectivity index (χ0v) is 17.8. The molecule has 32 heavy (non-hydrogen) atoms. The van der Waals surface area contributed by atoms with Gasteiger partial charge in [0, 0.05) is 11.8 Å². The number of ether oxygens (including phenoxy) is 2. The molecule has 0 radical (unpaired) electrons. The molecule has 3 aliphatic rings. The molecule has 0 spiro atoms. The van der Waals surface area contributed by atoms with E-state index in [9.17, 15) is 39.5 Å². The monoisotopic (exact) mass is 504 g/mol. The van der Waals surface area contributed by atoms with Crippen molar-refractivity contribution in [3.63, 3.8) is 0 Å². The number of hydrogen-bond acceptors (Lipinski definition) is 2. The van der Waals surface area contributed by atoms with Crippen molar-refractivity contribution < 1.29 is 49.0 Å². The predicted molar refractivity (Wildman–Crippen MR) is 97.4 cm³/mol. The molecule has 8 atom stereocenters. The summed E-state index contributed by atoms with van der Waals surface area (Å²) in [6.45, 7) is 0. The lowest BCUT2D eigenvalue weighted by atomic mass is 9.68. The highest BCUT2D eigenvalue weighted by Crippen LogP contribution is 2.49. The molecule has 2 nitrogen and oxygen atoms in total. The molecule has 3 saturated carbocycles. The Morgan fingerprint density at radius 1 is 0.656 bits per heavy atom. The Morgan fingerprint density at radius 2 is 1.28 bits per heavy atom. The van der Waals surface area contributed by atoms with Gasteiger partial charge in [0.1, 0.15) is 30.6 Å². The Morgan fingerprint density at radius 3 is 1.81 bits per heavy atom. The van der Waals surface area contributed by atoms with Crippen molar-refractivity contribution in [3.05, 3.63) is 0 Å². The third-order valence-electron chi connectivity index (χ3n) is 6.86. The normalized spacial score (nSPS) is 44.4. The lowest BCUT2D eigenvalue weighted by molar-refractivity contribution is -0.359. The quantitative estimate of drug-likeness (QED) is 0.301. The number of halogens is 10. The fourth-order valence-corrected chi connectivity index (χ4v) is 5.65. The number of alkyl halides is 10. The third-order valence-corrected chi connectivity index (χ3v) is 7.26. The van der Waals surface area contributed by atoms with Crippen LogP contribution >= 0.6 is 11.6 Å². The molecule has 0 N–H and O–H groups in total. The standard InChI is InChI=1S/C20H26ClF9O2/c21-10-1-3-12(13(22)7-10)9-5-15(24)18(16(25)6-9)19(26,27)31-11-2-4-17(14(23)8-11)32-20(28,29)30/h9-18H,1-8H2. The van der Waals surface area contributed by atoms with Crippen LogP contribution in [0.3, 0.4) is 0 Å². The lowest BCUT2D eigenvalue weighted by Gasteiger charge is -2.44. The molecule has 8 unspecified atom stereocenters. The molecule has 0 heterocycles. The van der Waals surface area contributed by atoms with E-state index in [0.717, 1.165) is 0 Å². The second-order valence-corrected chi connectivity index (χ2v) is 9.73. The highest BCUT2D eigenvalue weighted by Gasteiger charge is 2.57. The van der Waals surface area contributed by atoms with E-state index in [1.54, 1.807) is 0 Å². The number of rotatable bonds is 5. The van der Waals surface area contributed by atoms with Crippen LogP contribution in [0.2, 0.25) is 0 Å². The molecule has 3 rings (SSSR count). The van der Waals surface area contributed by atoms with Crippen LogP contribution < -0.4 is 0 Å². The molecular formula is C20H26ClF9O2. The summed E-state index contributed by atoms with van der Waals surface area (Å²) in [6, 6.07) is 0. The molecule has 0 aromatic rings. The van der Waals surface area contributed by atoms with E-state index in [2.05, 4.69) is 9.47 Å². The molecule has 0 aliphatic heterocycles. The van der Waals surface area contributed by atoms with Gasteiger partial charge in [-0.2, -0.15) is 8.78 Å². The van der Waals surface area contributed by atoms with Crippen molar-refractivity contribution in [3.8, 4) is 0 Å². The minimum absolute atomic E-state index is 0.0461. The molecule has 0 bridgehead atoms. The Labute approximate surface area is 185 Å². The zero-order chi connectivity index (χ0) is 23.8. The van der Waals surface area contributed by atoms with Crippen LogP contribution in [0.4, 0.5) is 39.5 Å².